The number of halogens is 2. The summed E-state index contributed by atoms with van der Waals surface area (Å²) in [6.45, 7) is 3.44. The summed E-state index contributed by atoms with van der Waals surface area (Å²) in [6, 6.07) is 10.2. The van der Waals surface area contributed by atoms with E-state index in [1.54, 1.807) is 39.2 Å². The molecule has 1 atom stereocenters. The van der Waals surface area contributed by atoms with Crippen LogP contribution in [0.2, 0.25) is 0 Å². The highest BCUT2D eigenvalue weighted by molar-refractivity contribution is 14.1. The number of ether oxygens (including phenoxy) is 3. The Morgan fingerprint density at radius 1 is 1.31 bits per heavy atom. The van der Waals surface area contributed by atoms with Crippen LogP contribution < -0.4 is 25.5 Å². The van der Waals surface area contributed by atoms with E-state index in [0.717, 1.165) is 19.4 Å². The fraction of sp³-hybridized carbons (Fsp3) is 0.250. The van der Waals surface area contributed by atoms with Crippen LogP contribution in [-0.2, 0) is 14.3 Å². The number of hydrogen-bond donors (Lipinski definition) is 3. The molecule has 0 spiro atoms. The van der Waals surface area contributed by atoms with Gasteiger partial charge in [-0.05, 0) is 88.3 Å². The number of rotatable bonds is 9. The van der Waals surface area contributed by atoms with Crippen molar-refractivity contribution in [2.45, 2.75) is 19.9 Å². The number of allylic oxidation sites excluding steroid dienone is 1. The van der Waals surface area contributed by atoms with Crippen LogP contribution in [0, 0.1) is 3.57 Å². The van der Waals surface area contributed by atoms with Crippen molar-refractivity contribution in [3.63, 3.8) is 0 Å². The molecule has 36 heavy (non-hydrogen) atoms. The smallest absolute Gasteiger partial charge is 0.338 e. The number of carbonyl (C=O) groups excluding carboxylic acids is 2. The first-order chi connectivity index (χ1) is 17.2. The highest BCUT2D eigenvalue weighted by Crippen LogP contribution is 2.34. The van der Waals surface area contributed by atoms with Crippen LogP contribution in [0.1, 0.15) is 31.0 Å². The predicted octanol–water partition coefficient (Wildman–Crippen LogP) is 3.95. The Kier molecular flexibility index (Phi) is 10.1. The van der Waals surface area contributed by atoms with Crippen molar-refractivity contribution in [1.29, 1.82) is 0 Å². The molecule has 0 saturated heterocycles. The molecule has 0 radical (unpaired) electrons. The maximum absolute atomic E-state index is 12.7. The summed E-state index contributed by atoms with van der Waals surface area (Å²) < 4.78 is 18.0. The molecule has 0 unspecified atom stereocenters. The van der Waals surface area contributed by atoms with Gasteiger partial charge in [0.25, 0.3) is 5.91 Å². The van der Waals surface area contributed by atoms with Crippen LogP contribution in [0.3, 0.4) is 0 Å². The molecule has 1 aliphatic heterocycles. The Hall–Kier alpha value is -2.71. The third-order valence-electron chi connectivity index (χ3n) is 4.98. The second-order valence-corrected chi connectivity index (χ2v) is 9.85. The second kappa shape index (κ2) is 13.0. The van der Waals surface area contributed by atoms with Crippen molar-refractivity contribution in [2.75, 3.05) is 20.3 Å². The number of carbonyl (C=O) groups is 2. The Morgan fingerprint density at radius 2 is 2.06 bits per heavy atom. The van der Waals surface area contributed by atoms with Crippen molar-refractivity contribution in [2.24, 2.45) is 5.10 Å². The number of nitrogens with one attached hydrogen (secondary N) is 3. The van der Waals surface area contributed by atoms with E-state index < -0.39 is 17.9 Å². The van der Waals surface area contributed by atoms with Gasteiger partial charge in [0.05, 0.1) is 39.6 Å². The second-order valence-electron chi connectivity index (χ2n) is 7.43. The third-order valence-corrected chi connectivity index (χ3v) is 6.59. The first kappa shape index (κ1) is 27.9. The largest absolute Gasteiger partial charge is 0.494 e. The molecule has 12 heteroatoms. The first-order valence-electron chi connectivity index (χ1n) is 10.8. The number of para-hydroxylation sites is 1. The zero-order chi connectivity index (χ0) is 26.2. The summed E-state index contributed by atoms with van der Waals surface area (Å²) in [4.78, 5) is 25.0. The normalized spacial score (nSPS) is 15.2. The van der Waals surface area contributed by atoms with Gasteiger partial charge in [0.2, 0.25) is 0 Å². The van der Waals surface area contributed by atoms with Gasteiger partial charge in [0.1, 0.15) is 11.5 Å². The molecule has 0 aliphatic carbocycles. The van der Waals surface area contributed by atoms with Crippen LogP contribution in [0.5, 0.6) is 11.5 Å². The average Bonchev–Trinajstić information content (AvgIpc) is 2.82. The van der Waals surface area contributed by atoms with E-state index in [-0.39, 0.29) is 13.2 Å². The van der Waals surface area contributed by atoms with E-state index in [1.165, 1.54) is 6.21 Å². The molecular formula is C24H24BrIN4O5S. The molecule has 1 amide bonds. The number of benzene rings is 2. The maximum Gasteiger partial charge on any atom is 0.338 e. The van der Waals surface area contributed by atoms with Gasteiger partial charge in [0.15, 0.2) is 11.7 Å². The molecular weight excluding hydrogens is 663 g/mol. The fourth-order valence-electron chi connectivity index (χ4n) is 3.46. The Balaban J connectivity index is 1.70. The van der Waals surface area contributed by atoms with E-state index in [4.69, 9.17) is 26.4 Å². The molecule has 0 saturated carbocycles. The molecule has 0 fully saturated rings. The highest BCUT2D eigenvalue weighted by Gasteiger charge is 2.32. The van der Waals surface area contributed by atoms with Gasteiger partial charge in [-0.15, -0.1) is 0 Å². The van der Waals surface area contributed by atoms with Gasteiger partial charge in [-0.3, -0.25) is 4.79 Å². The lowest BCUT2D eigenvalue weighted by molar-refractivity contribution is -0.139. The lowest BCUT2D eigenvalue weighted by atomic mass is 9.95. The van der Waals surface area contributed by atoms with Crippen molar-refractivity contribution in [1.82, 2.24) is 16.1 Å². The maximum atomic E-state index is 12.7. The minimum Gasteiger partial charge on any atom is -0.494 e. The fourth-order valence-corrected chi connectivity index (χ4v) is 5.61. The van der Waals surface area contributed by atoms with Gasteiger partial charge in [-0.25, -0.2) is 10.2 Å². The molecule has 1 aliphatic rings. The number of methoxy groups -OCH3 is 1. The van der Waals surface area contributed by atoms with Crippen molar-refractivity contribution >= 4 is 73.9 Å². The number of nitrogens with zero attached hydrogens (tertiary/aromatic N) is 1. The average molecular weight is 687 g/mol. The van der Waals surface area contributed by atoms with E-state index in [9.17, 15) is 9.59 Å². The van der Waals surface area contributed by atoms with Gasteiger partial charge in [-0.2, -0.15) is 5.10 Å². The summed E-state index contributed by atoms with van der Waals surface area (Å²) in [5.41, 5.74) is 4.84. The zero-order valence-electron chi connectivity index (χ0n) is 19.7. The minimum atomic E-state index is -0.605. The first-order valence-corrected chi connectivity index (χ1v) is 13.0. The van der Waals surface area contributed by atoms with E-state index in [0.29, 0.717) is 27.7 Å². The molecule has 2 aromatic rings. The van der Waals surface area contributed by atoms with Gasteiger partial charge < -0.3 is 24.8 Å². The van der Waals surface area contributed by atoms with Crippen LogP contribution in [0.15, 0.2) is 57.2 Å². The van der Waals surface area contributed by atoms with Gasteiger partial charge in [0, 0.05) is 11.3 Å². The van der Waals surface area contributed by atoms with E-state index >= 15 is 0 Å². The number of hydrogen-bond acceptors (Lipinski definition) is 7. The van der Waals surface area contributed by atoms with Crippen LogP contribution in [-0.4, -0.2) is 43.5 Å². The number of amides is 1. The molecule has 2 aromatic carbocycles. The van der Waals surface area contributed by atoms with Gasteiger partial charge >= 0.3 is 5.97 Å². The van der Waals surface area contributed by atoms with Crippen LogP contribution >= 0.6 is 50.7 Å². The third kappa shape index (κ3) is 6.95. The summed E-state index contributed by atoms with van der Waals surface area (Å²) >= 11 is 10.9. The van der Waals surface area contributed by atoms with Crippen LogP contribution in [0.4, 0.5) is 0 Å². The predicted molar refractivity (Wildman–Crippen MR) is 152 cm³/mol. The standard InChI is InChI=1S/C24H24BrIN4O5S/c1-4-34-23(32)20-13(2)28-24(36)29-21(20)15-7-5-6-8-18(15)35-12-19(31)30-27-11-14-9-16(25)22(33-3)17(26)10-14/h5-11,21H,4,12H2,1-3H3,(H,30,31)(H2,28,29,36)/t21-/m0/s1. The summed E-state index contributed by atoms with van der Waals surface area (Å²) in [6.07, 6.45) is 1.53. The molecule has 0 bridgehead atoms. The zero-order valence-corrected chi connectivity index (χ0v) is 24.2. The number of esters is 1. The van der Waals surface area contributed by atoms with E-state index in [1.807, 2.05) is 18.2 Å². The topological polar surface area (TPSA) is 110 Å². The molecule has 3 N–H and O–H groups in total. The quantitative estimate of drug-likeness (QED) is 0.120. The number of thiocarbonyl (C=S) groups is 1. The summed E-state index contributed by atoms with van der Waals surface area (Å²) in [5.74, 6) is 0.227. The molecule has 9 nitrogen and oxygen atoms in total. The van der Waals surface area contributed by atoms with Crippen molar-refractivity contribution in [3.8, 4) is 11.5 Å². The Morgan fingerprint density at radius 3 is 2.75 bits per heavy atom. The summed E-state index contributed by atoms with van der Waals surface area (Å²) in [7, 11) is 1.60. The monoisotopic (exact) mass is 686 g/mol. The van der Waals surface area contributed by atoms with E-state index in [2.05, 4.69) is 59.7 Å². The SMILES string of the molecule is CCOC(=O)C1=C(C)NC(=S)N[C@H]1c1ccccc1OCC(=O)NN=Cc1cc(Br)c(OC)c(I)c1. The van der Waals surface area contributed by atoms with Crippen LogP contribution in [0.25, 0.3) is 0 Å². The van der Waals surface area contributed by atoms with Crippen molar-refractivity contribution < 1.29 is 23.8 Å². The lowest BCUT2D eigenvalue weighted by Gasteiger charge is -2.30. The summed E-state index contributed by atoms with van der Waals surface area (Å²) in [5, 5.41) is 10.4. The minimum absolute atomic E-state index is 0.234. The molecule has 1 heterocycles. The van der Waals surface area contributed by atoms with Crippen molar-refractivity contribution in [3.05, 3.63) is 66.8 Å². The highest BCUT2D eigenvalue weighted by atomic mass is 127. The Labute approximate surface area is 236 Å². The lowest BCUT2D eigenvalue weighted by Crippen LogP contribution is -2.45. The molecule has 3 rings (SSSR count). The molecule has 0 aromatic heterocycles. The number of hydrazone groups is 1. The Bertz CT molecular complexity index is 1210. The van der Waals surface area contributed by atoms with Gasteiger partial charge in [-0.1, -0.05) is 18.2 Å². The molecule has 190 valence electrons.